The standard InChI is InChI=1S/C11H12N2O2/c1-2-5-10(14)15-11-12-8-6-3-4-7-9(8)13-11/h3-4,6-7H,2,5H2,1H3,(H,12,13). The zero-order valence-electron chi connectivity index (χ0n) is 8.49. The molecule has 2 rings (SSSR count). The molecule has 4 heteroatoms. The fourth-order valence-corrected chi connectivity index (χ4v) is 1.34. The van der Waals surface area contributed by atoms with Crippen LogP contribution in [0.5, 0.6) is 6.01 Å². The Labute approximate surface area is 87.3 Å². The van der Waals surface area contributed by atoms with Gasteiger partial charge in [0.2, 0.25) is 0 Å². The molecule has 0 saturated carbocycles. The molecule has 0 unspecified atom stereocenters. The fraction of sp³-hybridized carbons (Fsp3) is 0.273. The topological polar surface area (TPSA) is 55.0 Å². The van der Waals surface area contributed by atoms with Gasteiger partial charge in [-0.15, -0.1) is 0 Å². The third-order valence-corrected chi connectivity index (χ3v) is 2.03. The number of aromatic amines is 1. The second-order valence-corrected chi connectivity index (χ2v) is 3.28. The summed E-state index contributed by atoms with van der Waals surface area (Å²) >= 11 is 0. The van der Waals surface area contributed by atoms with E-state index in [0.717, 1.165) is 17.5 Å². The average molecular weight is 204 g/mol. The third kappa shape index (κ3) is 2.15. The van der Waals surface area contributed by atoms with Crippen molar-refractivity contribution in [3.8, 4) is 6.01 Å². The predicted molar refractivity (Wildman–Crippen MR) is 56.6 cm³/mol. The molecule has 0 aliphatic heterocycles. The van der Waals surface area contributed by atoms with E-state index >= 15 is 0 Å². The Morgan fingerprint density at radius 1 is 1.47 bits per heavy atom. The summed E-state index contributed by atoms with van der Waals surface area (Å²) in [5.74, 6) is -0.253. The molecular formula is C11H12N2O2. The molecule has 0 saturated heterocycles. The van der Waals surface area contributed by atoms with Crippen LogP contribution in [0.1, 0.15) is 19.8 Å². The van der Waals surface area contributed by atoms with Gasteiger partial charge < -0.3 is 9.72 Å². The minimum absolute atomic E-state index is 0.253. The summed E-state index contributed by atoms with van der Waals surface area (Å²) in [7, 11) is 0. The summed E-state index contributed by atoms with van der Waals surface area (Å²) < 4.78 is 5.03. The van der Waals surface area contributed by atoms with Crippen LogP contribution in [-0.2, 0) is 4.79 Å². The van der Waals surface area contributed by atoms with Crippen molar-refractivity contribution in [1.82, 2.24) is 9.97 Å². The summed E-state index contributed by atoms with van der Waals surface area (Å²) in [6.07, 6.45) is 1.19. The minimum atomic E-state index is -0.253. The van der Waals surface area contributed by atoms with E-state index in [1.807, 2.05) is 31.2 Å². The predicted octanol–water partition coefficient (Wildman–Crippen LogP) is 2.27. The minimum Gasteiger partial charge on any atom is -0.392 e. The van der Waals surface area contributed by atoms with Crippen molar-refractivity contribution in [3.63, 3.8) is 0 Å². The maximum atomic E-state index is 11.2. The molecule has 2 aromatic rings. The van der Waals surface area contributed by atoms with E-state index < -0.39 is 0 Å². The van der Waals surface area contributed by atoms with Gasteiger partial charge in [0.15, 0.2) is 0 Å². The van der Waals surface area contributed by atoms with E-state index in [2.05, 4.69) is 9.97 Å². The van der Waals surface area contributed by atoms with Crippen LogP contribution < -0.4 is 4.74 Å². The van der Waals surface area contributed by atoms with E-state index in [9.17, 15) is 4.79 Å². The Balaban J connectivity index is 2.18. The lowest BCUT2D eigenvalue weighted by Crippen LogP contribution is -2.07. The Bertz CT molecular complexity index is 443. The number of nitrogens with one attached hydrogen (secondary N) is 1. The Morgan fingerprint density at radius 3 is 3.00 bits per heavy atom. The Morgan fingerprint density at radius 2 is 2.27 bits per heavy atom. The zero-order valence-corrected chi connectivity index (χ0v) is 8.49. The van der Waals surface area contributed by atoms with Crippen LogP contribution in [-0.4, -0.2) is 15.9 Å². The number of hydrogen-bond acceptors (Lipinski definition) is 3. The normalized spacial score (nSPS) is 10.5. The number of imidazole rings is 1. The first-order chi connectivity index (χ1) is 7.29. The van der Waals surface area contributed by atoms with Crippen LogP contribution in [0.15, 0.2) is 24.3 Å². The highest BCUT2D eigenvalue weighted by Crippen LogP contribution is 2.15. The van der Waals surface area contributed by atoms with Gasteiger partial charge in [-0.3, -0.25) is 4.79 Å². The van der Waals surface area contributed by atoms with E-state index in [0.29, 0.717) is 6.42 Å². The van der Waals surface area contributed by atoms with Crippen molar-refractivity contribution in [2.75, 3.05) is 0 Å². The number of esters is 1. The Hall–Kier alpha value is -1.84. The third-order valence-electron chi connectivity index (χ3n) is 2.03. The molecule has 1 aromatic carbocycles. The van der Waals surface area contributed by atoms with Crippen LogP contribution in [0.4, 0.5) is 0 Å². The van der Waals surface area contributed by atoms with Crippen LogP contribution >= 0.6 is 0 Å². The highest BCUT2D eigenvalue weighted by atomic mass is 16.5. The molecule has 78 valence electrons. The molecular weight excluding hydrogens is 192 g/mol. The van der Waals surface area contributed by atoms with Crippen molar-refractivity contribution in [1.29, 1.82) is 0 Å². The van der Waals surface area contributed by atoms with Crippen molar-refractivity contribution < 1.29 is 9.53 Å². The zero-order chi connectivity index (χ0) is 10.7. The number of carbonyl (C=O) groups is 1. The van der Waals surface area contributed by atoms with Gasteiger partial charge >= 0.3 is 12.0 Å². The molecule has 1 heterocycles. The summed E-state index contributed by atoms with van der Waals surface area (Å²) in [5.41, 5.74) is 1.67. The smallest absolute Gasteiger partial charge is 0.313 e. The highest BCUT2D eigenvalue weighted by Gasteiger charge is 2.07. The lowest BCUT2D eigenvalue weighted by molar-refractivity contribution is -0.134. The molecule has 0 fully saturated rings. The summed E-state index contributed by atoms with van der Waals surface area (Å²) in [6, 6.07) is 7.82. The first-order valence-electron chi connectivity index (χ1n) is 4.95. The first kappa shape index (κ1) is 9.71. The van der Waals surface area contributed by atoms with Gasteiger partial charge in [0.05, 0.1) is 11.0 Å². The highest BCUT2D eigenvalue weighted by molar-refractivity contribution is 5.77. The molecule has 0 aliphatic rings. The average Bonchev–Trinajstić information content (AvgIpc) is 2.59. The van der Waals surface area contributed by atoms with E-state index in [-0.39, 0.29) is 12.0 Å². The lowest BCUT2D eigenvalue weighted by Gasteiger charge is -1.96. The lowest BCUT2D eigenvalue weighted by atomic mass is 10.3. The number of benzene rings is 1. The first-order valence-corrected chi connectivity index (χ1v) is 4.95. The number of para-hydroxylation sites is 2. The number of rotatable bonds is 3. The van der Waals surface area contributed by atoms with E-state index in [4.69, 9.17) is 4.74 Å². The van der Waals surface area contributed by atoms with E-state index in [1.165, 1.54) is 0 Å². The van der Waals surface area contributed by atoms with Crippen LogP contribution in [0.25, 0.3) is 11.0 Å². The number of H-pyrrole nitrogens is 1. The second-order valence-electron chi connectivity index (χ2n) is 3.28. The number of fused-ring (bicyclic) bond motifs is 1. The van der Waals surface area contributed by atoms with Gasteiger partial charge in [-0.25, -0.2) is 0 Å². The summed E-state index contributed by atoms with van der Waals surface area (Å²) in [4.78, 5) is 18.3. The maximum absolute atomic E-state index is 11.2. The monoisotopic (exact) mass is 204 g/mol. The maximum Gasteiger partial charge on any atom is 0.313 e. The summed E-state index contributed by atoms with van der Waals surface area (Å²) in [5, 5.41) is 0. The molecule has 0 atom stereocenters. The summed E-state index contributed by atoms with van der Waals surface area (Å²) in [6.45, 7) is 1.93. The SMILES string of the molecule is CCCC(=O)Oc1nc2ccccc2[nH]1. The largest absolute Gasteiger partial charge is 0.392 e. The van der Waals surface area contributed by atoms with Gasteiger partial charge in [0.1, 0.15) is 0 Å². The van der Waals surface area contributed by atoms with Gasteiger partial charge in [0, 0.05) is 6.42 Å². The van der Waals surface area contributed by atoms with Crippen molar-refractivity contribution >= 4 is 17.0 Å². The second kappa shape index (κ2) is 4.13. The van der Waals surface area contributed by atoms with Crippen LogP contribution in [0.3, 0.4) is 0 Å². The van der Waals surface area contributed by atoms with Crippen LogP contribution in [0, 0.1) is 0 Å². The molecule has 0 aliphatic carbocycles. The van der Waals surface area contributed by atoms with E-state index in [1.54, 1.807) is 0 Å². The van der Waals surface area contributed by atoms with Gasteiger partial charge in [-0.2, -0.15) is 4.98 Å². The molecule has 0 spiro atoms. The van der Waals surface area contributed by atoms with Crippen molar-refractivity contribution in [3.05, 3.63) is 24.3 Å². The van der Waals surface area contributed by atoms with Gasteiger partial charge in [-0.05, 0) is 18.6 Å². The molecule has 1 N–H and O–H groups in total. The number of hydrogen-bond donors (Lipinski definition) is 1. The fourth-order valence-electron chi connectivity index (χ4n) is 1.34. The number of nitrogens with zero attached hydrogens (tertiary/aromatic N) is 1. The van der Waals surface area contributed by atoms with Gasteiger partial charge in [0.25, 0.3) is 0 Å². The quantitative estimate of drug-likeness (QED) is 0.780. The van der Waals surface area contributed by atoms with Crippen molar-refractivity contribution in [2.24, 2.45) is 0 Å². The molecule has 0 radical (unpaired) electrons. The molecule has 1 aromatic heterocycles. The molecule has 15 heavy (non-hydrogen) atoms. The van der Waals surface area contributed by atoms with Crippen LogP contribution in [0.2, 0.25) is 0 Å². The number of carbonyl (C=O) groups excluding carboxylic acids is 1. The Kier molecular flexibility index (Phi) is 2.67. The molecule has 4 nitrogen and oxygen atoms in total. The van der Waals surface area contributed by atoms with Crippen molar-refractivity contribution in [2.45, 2.75) is 19.8 Å². The van der Waals surface area contributed by atoms with Gasteiger partial charge in [-0.1, -0.05) is 19.1 Å². The molecule has 0 amide bonds. The number of aromatic nitrogens is 2. The molecule has 0 bridgehead atoms. The number of ether oxygens (including phenoxy) is 1.